The van der Waals surface area contributed by atoms with Crippen LogP contribution >= 0.6 is 15.9 Å². The van der Waals surface area contributed by atoms with E-state index in [1.807, 2.05) is 6.07 Å². The average molecular weight is 288 g/mol. The molecule has 0 saturated heterocycles. The molecule has 1 aromatic rings. The molecule has 1 aliphatic rings. The lowest BCUT2D eigenvalue weighted by Crippen LogP contribution is -1.93. The summed E-state index contributed by atoms with van der Waals surface area (Å²) in [6.07, 6.45) is 1.18. The lowest BCUT2D eigenvalue weighted by Gasteiger charge is -2.02. The number of rotatable bonds is 2. The summed E-state index contributed by atoms with van der Waals surface area (Å²) < 4.78 is 31.3. The predicted molar refractivity (Wildman–Crippen MR) is 60.3 cm³/mol. The molecule has 78 valence electrons. The monoisotopic (exact) mass is 287 g/mol. The lowest BCUT2D eigenvalue weighted by molar-refractivity contribution is 0.459. The molecule has 6 heteroatoms. The fraction of sp³-hybridized carbons (Fsp3) is 0. The van der Waals surface area contributed by atoms with Crippen LogP contribution in [0.4, 0.5) is 0 Å². The third-order valence-corrected chi connectivity index (χ3v) is 3.05. The van der Waals surface area contributed by atoms with E-state index in [1.165, 1.54) is 6.21 Å². The largest absolute Gasteiger partial charge is 0.455 e. The third-order valence-electron chi connectivity index (χ3n) is 1.62. The Kier molecular flexibility index (Phi) is 2.62. The molecular weight excluding hydrogens is 282 g/mol. The molecule has 0 aliphatic carbocycles. The fourth-order valence-corrected chi connectivity index (χ4v) is 2.14. The first-order valence-electron chi connectivity index (χ1n) is 4.01. The Balaban J connectivity index is 2.22. The molecule has 1 aromatic carbocycles. The van der Waals surface area contributed by atoms with Gasteiger partial charge in [-0.05, 0) is 18.2 Å². The van der Waals surface area contributed by atoms with Crippen LogP contribution in [-0.4, -0.2) is 14.6 Å². The number of hydrogen-bond acceptors (Lipinski definition) is 3. The molecule has 0 saturated carbocycles. The zero-order valence-electron chi connectivity index (χ0n) is 7.42. The minimum Gasteiger partial charge on any atom is -0.455 e. The van der Waals surface area contributed by atoms with Gasteiger partial charge in [0.25, 0.3) is 10.0 Å². The Hall–Kier alpha value is -1.14. The van der Waals surface area contributed by atoms with Crippen molar-refractivity contribution in [1.29, 1.82) is 0 Å². The summed E-state index contributed by atoms with van der Waals surface area (Å²) in [5.74, 6) is 0.771. The van der Waals surface area contributed by atoms with E-state index in [1.54, 1.807) is 18.2 Å². The van der Waals surface area contributed by atoms with Gasteiger partial charge in [0.1, 0.15) is 5.75 Å². The maximum atomic E-state index is 10.9. The van der Waals surface area contributed by atoms with E-state index in [2.05, 4.69) is 20.3 Å². The summed E-state index contributed by atoms with van der Waals surface area (Å²) in [4.78, 5) is 0. The summed E-state index contributed by atoms with van der Waals surface area (Å²) >= 11 is 3.28. The van der Waals surface area contributed by atoms with E-state index >= 15 is 0 Å². The third kappa shape index (κ3) is 2.66. The Morgan fingerprint density at radius 1 is 1.33 bits per heavy atom. The molecule has 0 amide bonds. The van der Waals surface area contributed by atoms with Gasteiger partial charge < -0.3 is 4.74 Å². The summed E-state index contributed by atoms with van der Waals surface area (Å²) in [5, 5.41) is 0.980. The van der Waals surface area contributed by atoms with Crippen LogP contribution in [0.15, 0.2) is 44.3 Å². The van der Waals surface area contributed by atoms with E-state index in [4.69, 9.17) is 4.74 Å². The number of benzene rings is 1. The van der Waals surface area contributed by atoms with Crippen molar-refractivity contribution in [2.45, 2.75) is 0 Å². The molecule has 0 radical (unpaired) electrons. The van der Waals surface area contributed by atoms with Gasteiger partial charge in [-0.3, -0.25) is 0 Å². The number of sulfonamides is 1. The highest BCUT2D eigenvalue weighted by atomic mass is 79.9. The van der Waals surface area contributed by atoms with Crippen molar-refractivity contribution >= 4 is 32.2 Å². The zero-order valence-corrected chi connectivity index (χ0v) is 9.82. The molecule has 1 heterocycles. The van der Waals surface area contributed by atoms with Gasteiger partial charge in [-0.25, -0.2) is 0 Å². The first kappa shape index (κ1) is 10.4. The maximum Gasteiger partial charge on any atom is 0.279 e. The number of hydrogen-bond donors (Lipinski definition) is 0. The molecule has 4 nitrogen and oxygen atoms in total. The van der Waals surface area contributed by atoms with Gasteiger partial charge in [0.15, 0.2) is 5.76 Å². The van der Waals surface area contributed by atoms with Gasteiger partial charge >= 0.3 is 0 Å². The number of ether oxygens (including phenoxy) is 1. The lowest BCUT2D eigenvalue weighted by atomic mass is 10.3. The number of nitrogens with zero attached hydrogens (tertiary/aromatic N) is 1. The first-order chi connectivity index (χ1) is 7.05. The minimum atomic E-state index is -3.46. The molecule has 1 aliphatic heterocycles. The van der Waals surface area contributed by atoms with Crippen molar-refractivity contribution in [3.8, 4) is 5.75 Å². The molecule has 0 atom stereocenters. The highest BCUT2D eigenvalue weighted by molar-refractivity contribution is 9.10. The van der Waals surface area contributed by atoms with Gasteiger partial charge in [0.2, 0.25) is 0 Å². The van der Waals surface area contributed by atoms with E-state index in [0.29, 0.717) is 5.75 Å². The second-order valence-corrected chi connectivity index (χ2v) is 5.22. The molecule has 15 heavy (non-hydrogen) atoms. The first-order valence-corrected chi connectivity index (χ1v) is 6.30. The highest BCUT2D eigenvalue weighted by Gasteiger charge is 2.14. The van der Waals surface area contributed by atoms with Gasteiger partial charge in [-0.1, -0.05) is 22.0 Å². The molecule has 0 aromatic heterocycles. The van der Waals surface area contributed by atoms with E-state index in [-0.39, 0.29) is 5.76 Å². The molecule has 2 rings (SSSR count). The van der Waals surface area contributed by atoms with Crippen molar-refractivity contribution in [1.82, 2.24) is 0 Å². The standard InChI is InChI=1S/C9H6BrNO3S/c10-7-2-1-3-8(4-7)14-9-5-11-15(12,13)6-9/h1-6H. The molecule has 0 fully saturated rings. The molecule has 0 bridgehead atoms. The Morgan fingerprint density at radius 2 is 2.13 bits per heavy atom. The van der Waals surface area contributed by atoms with Crippen LogP contribution in [0.25, 0.3) is 0 Å². The van der Waals surface area contributed by atoms with E-state index in [9.17, 15) is 8.42 Å². The van der Waals surface area contributed by atoms with E-state index < -0.39 is 10.0 Å². The number of halogens is 1. The van der Waals surface area contributed by atoms with Crippen molar-refractivity contribution in [2.24, 2.45) is 4.40 Å². The van der Waals surface area contributed by atoms with Crippen LogP contribution in [0.1, 0.15) is 0 Å². The summed E-state index contributed by atoms with van der Waals surface area (Å²) in [5.41, 5.74) is 0. The summed E-state index contributed by atoms with van der Waals surface area (Å²) in [7, 11) is -3.46. The van der Waals surface area contributed by atoms with Crippen molar-refractivity contribution in [2.75, 3.05) is 0 Å². The van der Waals surface area contributed by atoms with Crippen molar-refractivity contribution < 1.29 is 13.2 Å². The quantitative estimate of drug-likeness (QED) is 0.837. The van der Waals surface area contributed by atoms with Crippen LogP contribution in [0.2, 0.25) is 0 Å². The Bertz CT molecular complexity index is 548. The average Bonchev–Trinajstić information content (AvgIpc) is 2.45. The van der Waals surface area contributed by atoms with Gasteiger partial charge in [0.05, 0.1) is 11.6 Å². The van der Waals surface area contributed by atoms with Crippen LogP contribution in [0.5, 0.6) is 5.75 Å². The predicted octanol–water partition coefficient (Wildman–Crippen LogP) is 2.08. The minimum absolute atomic E-state index is 0.216. The van der Waals surface area contributed by atoms with Crippen LogP contribution in [0, 0.1) is 0 Å². The van der Waals surface area contributed by atoms with Crippen LogP contribution < -0.4 is 4.74 Å². The maximum absolute atomic E-state index is 10.9. The normalized spacial score (nSPS) is 17.5. The molecule has 0 N–H and O–H groups in total. The van der Waals surface area contributed by atoms with Crippen molar-refractivity contribution in [3.63, 3.8) is 0 Å². The second-order valence-electron chi connectivity index (χ2n) is 2.83. The molecule has 0 spiro atoms. The van der Waals surface area contributed by atoms with E-state index in [0.717, 1.165) is 9.88 Å². The molecule has 0 unspecified atom stereocenters. The second kappa shape index (κ2) is 3.79. The van der Waals surface area contributed by atoms with Gasteiger partial charge in [0, 0.05) is 4.47 Å². The fourth-order valence-electron chi connectivity index (χ4n) is 1.05. The summed E-state index contributed by atoms with van der Waals surface area (Å²) in [6.45, 7) is 0. The number of allylic oxidation sites excluding steroid dienone is 1. The summed E-state index contributed by atoms with van der Waals surface area (Å²) in [6, 6.07) is 7.10. The van der Waals surface area contributed by atoms with Gasteiger partial charge in [-0.2, -0.15) is 12.8 Å². The topological polar surface area (TPSA) is 55.7 Å². The Labute approximate surface area is 95.5 Å². The SMILES string of the molecule is O=S1(=O)C=C(Oc2cccc(Br)c2)C=N1. The zero-order chi connectivity index (χ0) is 10.9. The van der Waals surface area contributed by atoms with Crippen LogP contribution in [-0.2, 0) is 10.0 Å². The van der Waals surface area contributed by atoms with Gasteiger partial charge in [-0.15, -0.1) is 0 Å². The molecular formula is C9H6BrNO3S. The van der Waals surface area contributed by atoms with Crippen LogP contribution in [0.3, 0.4) is 0 Å². The van der Waals surface area contributed by atoms with Crippen molar-refractivity contribution in [3.05, 3.63) is 39.9 Å². The Morgan fingerprint density at radius 3 is 2.73 bits per heavy atom. The smallest absolute Gasteiger partial charge is 0.279 e. The highest BCUT2D eigenvalue weighted by Crippen LogP contribution is 2.21.